The number of cyclic esters (lactones) is 1. The third-order valence-corrected chi connectivity index (χ3v) is 6.84. The highest BCUT2D eigenvalue weighted by atomic mass is 32.2. The Hall–Kier alpha value is -2.95. The molecular weight excluding hydrogens is 410 g/mol. The Morgan fingerprint density at radius 3 is 2.30 bits per heavy atom. The summed E-state index contributed by atoms with van der Waals surface area (Å²) in [5.74, 6) is -0.412. The molecule has 2 aliphatic heterocycles. The van der Waals surface area contributed by atoms with Gasteiger partial charge in [-0.1, -0.05) is 12.1 Å². The predicted molar refractivity (Wildman–Crippen MR) is 109 cm³/mol. The first-order valence-electron chi connectivity index (χ1n) is 9.49. The Balaban J connectivity index is 1.51. The highest BCUT2D eigenvalue weighted by Crippen LogP contribution is 2.28. The van der Waals surface area contributed by atoms with Crippen LogP contribution in [0.15, 0.2) is 53.4 Å². The fraction of sp³-hybridized carbons (Fsp3) is 0.300. The van der Waals surface area contributed by atoms with Crippen LogP contribution < -0.4 is 10.2 Å². The number of hydrogen-bond donors (Lipinski definition) is 1. The van der Waals surface area contributed by atoms with E-state index in [0.29, 0.717) is 56.4 Å². The second kappa shape index (κ2) is 8.42. The van der Waals surface area contributed by atoms with Crippen LogP contribution in [0.1, 0.15) is 10.4 Å². The lowest BCUT2D eigenvalue weighted by molar-refractivity contribution is 0.0730. The van der Waals surface area contributed by atoms with E-state index in [0.717, 1.165) is 0 Å². The van der Waals surface area contributed by atoms with Crippen molar-refractivity contribution in [3.63, 3.8) is 0 Å². The molecule has 0 aromatic heterocycles. The summed E-state index contributed by atoms with van der Waals surface area (Å²) < 4.78 is 36.9. The molecule has 0 atom stereocenters. The van der Waals surface area contributed by atoms with E-state index in [2.05, 4.69) is 5.32 Å². The maximum absolute atomic E-state index is 12.7. The number of benzene rings is 2. The monoisotopic (exact) mass is 431 g/mol. The van der Waals surface area contributed by atoms with Crippen LogP contribution in [0.3, 0.4) is 0 Å². The standard InChI is InChI=1S/C20H21N3O6S/c24-19(21-17-3-1-2-4-18(17)23-11-14-29-20(23)25)15-5-7-16(8-6-15)30(26,27)22-9-12-28-13-10-22/h1-8H,9-14H2,(H,21,24). The van der Waals surface area contributed by atoms with Gasteiger partial charge >= 0.3 is 6.09 Å². The first kappa shape index (κ1) is 20.3. The fourth-order valence-electron chi connectivity index (χ4n) is 3.34. The average Bonchev–Trinajstić information content (AvgIpc) is 3.20. The lowest BCUT2D eigenvalue weighted by Gasteiger charge is -2.26. The van der Waals surface area contributed by atoms with Gasteiger partial charge in [0.2, 0.25) is 10.0 Å². The third-order valence-electron chi connectivity index (χ3n) is 4.93. The molecule has 2 amide bonds. The van der Waals surface area contributed by atoms with E-state index < -0.39 is 22.0 Å². The molecule has 2 saturated heterocycles. The van der Waals surface area contributed by atoms with Crippen LogP contribution in [0.25, 0.3) is 0 Å². The molecule has 0 unspecified atom stereocenters. The number of anilines is 2. The number of nitrogens with one attached hydrogen (secondary N) is 1. The number of sulfonamides is 1. The van der Waals surface area contributed by atoms with Crippen LogP contribution in [0.5, 0.6) is 0 Å². The average molecular weight is 431 g/mol. The van der Waals surface area contributed by atoms with Gasteiger partial charge in [0.15, 0.2) is 0 Å². The van der Waals surface area contributed by atoms with Crippen molar-refractivity contribution >= 4 is 33.4 Å². The van der Waals surface area contributed by atoms with Gasteiger partial charge in [0.05, 0.1) is 36.0 Å². The molecule has 0 radical (unpaired) electrons. The molecule has 0 bridgehead atoms. The van der Waals surface area contributed by atoms with Crippen molar-refractivity contribution < 1.29 is 27.5 Å². The van der Waals surface area contributed by atoms with Gasteiger partial charge in [-0.3, -0.25) is 9.69 Å². The minimum Gasteiger partial charge on any atom is -0.447 e. The topological polar surface area (TPSA) is 105 Å². The Labute approximate surface area is 174 Å². The molecule has 30 heavy (non-hydrogen) atoms. The number of morpholine rings is 1. The van der Waals surface area contributed by atoms with Gasteiger partial charge in [0.1, 0.15) is 6.61 Å². The van der Waals surface area contributed by atoms with E-state index in [-0.39, 0.29) is 4.90 Å². The number of para-hydroxylation sites is 2. The van der Waals surface area contributed by atoms with Crippen molar-refractivity contribution in [1.82, 2.24) is 4.31 Å². The molecule has 2 aliphatic rings. The van der Waals surface area contributed by atoms with Crippen molar-refractivity contribution in [1.29, 1.82) is 0 Å². The second-order valence-corrected chi connectivity index (χ2v) is 8.72. The quantitative estimate of drug-likeness (QED) is 0.776. The van der Waals surface area contributed by atoms with Crippen LogP contribution >= 0.6 is 0 Å². The Bertz CT molecular complexity index is 1050. The summed E-state index contributed by atoms with van der Waals surface area (Å²) in [5, 5.41) is 2.78. The molecule has 1 N–H and O–H groups in total. The maximum atomic E-state index is 12.7. The van der Waals surface area contributed by atoms with Crippen molar-refractivity contribution in [3.8, 4) is 0 Å². The summed E-state index contributed by atoms with van der Waals surface area (Å²) in [6.45, 7) is 2.04. The van der Waals surface area contributed by atoms with Gasteiger partial charge in [-0.2, -0.15) is 4.31 Å². The fourth-order valence-corrected chi connectivity index (χ4v) is 4.74. The van der Waals surface area contributed by atoms with Crippen LogP contribution in [-0.2, 0) is 19.5 Å². The number of carbonyl (C=O) groups is 2. The number of amides is 2. The third kappa shape index (κ3) is 4.02. The maximum Gasteiger partial charge on any atom is 0.414 e. The number of ether oxygens (including phenoxy) is 2. The van der Waals surface area contributed by atoms with Gasteiger partial charge in [0.25, 0.3) is 5.91 Å². The molecular formula is C20H21N3O6S. The van der Waals surface area contributed by atoms with Crippen LogP contribution in [0, 0.1) is 0 Å². The van der Waals surface area contributed by atoms with Crippen molar-refractivity contribution in [2.24, 2.45) is 0 Å². The highest BCUT2D eigenvalue weighted by molar-refractivity contribution is 7.89. The number of hydrogen-bond acceptors (Lipinski definition) is 6. The minimum absolute atomic E-state index is 0.126. The van der Waals surface area contributed by atoms with E-state index in [1.807, 2.05) is 0 Å². The zero-order chi connectivity index (χ0) is 21.1. The number of nitrogens with zero attached hydrogens (tertiary/aromatic N) is 2. The van der Waals surface area contributed by atoms with Crippen molar-refractivity contribution in [2.45, 2.75) is 4.90 Å². The Morgan fingerprint density at radius 2 is 1.63 bits per heavy atom. The number of carbonyl (C=O) groups excluding carboxylic acids is 2. The molecule has 0 aliphatic carbocycles. The zero-order valence-corrected chi connectivity index (χ0v) is 16.9. The summed E-state index contributed by atoms with van der Waals surface area (Å²) in [7, 11) is -3.62. The van der Waals surface area contributed by atoms with E-state index in [1.54, 1.807) is 24.3 Å². The van der Waals surface area contributed by atoms with Crippen molar-refractivity contribution in [2.75, 3.05) is 49.7 Å². The Morgan fingerprint density at radius 1 is 0.933 bits per heavy atom. The second-order valence-electron chi connectivity index (χ2n) is 6.78. The first-order chi connectivity index (χ1) is 14.5. The van der Waals surface area contributed by atoms with Gasteiger partial charge in [0, 0.05) is 18.7 Å². The Kier molecular flexibility index (Phi) is 5.71. The first-order valence-corrected chi connectivity index (χ1v) is 10.9. The summed E-state index contributed by atoms with van der Waals surface area (Å²) >= 11 is 0. The smallest absolute Gasteiger partial charge is 0.414 e. The molecule has 2 heterocycles. The van der Waals surface area contributed by atoms with Gasteiger partial charge in [-0.15, -0.1) is 0 Å². The minimum atomic E-state index is -3.62. The van der Waals surface area contributed by atoms with E-state index in [4.69, 9.17) is 9.47 Å². The van der Waals surface area contributed by atoms with Gasteiger partial charge < -0.3 is 14.8 Å². The predicted octanol–water partition coefficient (Wildman–Crippen LogP) is 1.92. The van der Waals surface area contributed by atoms with Crippen molar-refractivity contribution in [3.05, 3.63) is 54.1 Å². The van der Waals surface area contributed by atoms with E-state index >= 15 is 0 Å². The molecule has 2 fully saturated rings. The lowest BCUT2D eigenvalue weighted by atomic mass is 10.2. The molecule has 2 aromatic carbocycles. The van der Waals surface area contributed by atoms with Crippen LogP contribution in [0.4, 0.5) is 16.2 Å². The molecule has 0 spiro atoms. The highest BCUT2D eigenvalue weighted by Gasteiger charge is 2.27. The lowest BCUT2D eigenvalue weighted by Crippen LogP contribution is -2.40. The summed E-state index contributed by atoms with van der Waals surface area (Å²) in [6, 6.07) is 12.7. The zero-order valence-electron chi connectivity index (χ0n) is 16.1. The van der Waals surface area contributed by atoms with Gasteiger partial charge in [-0.05, 0) is 36.4 Å². The van der Waals surface area contributed by atoms with Crippen LogP contribution in [-0.4, -0.2) is 64.2 Å². The molecule has 158 valence electrons. The molecule has 9 nitrogen and oxygen atoms in total. The normalized spacial score (nSPS) is 17.6. The number of rotatable bonds is 5. The van der Waals surface area contributed by atoms with Crippen LogP contribution in [0.2, 0.25) is 0 Å². The van der Waals surface area contributed by atoms with E-state index in [1.165, 1.54) is 33.5 Å². The summed E-state index contributed by atoms with van der Waals surface area (Å²) in [4.78, 5) is 26.1. The molecule has 2 aromatic rings. The largest absolute Gasteiger partial charge is 0.447 e. The molecule has 10 heteroatoms. The SMILES string of the molecule is O=C(Nc1ccccc1N1CCOC1=O)c1ccc(S(=O)(=O)N2CCOCC2)cc1. The summed E-state index contributed by atoms with van der Waals surface area (Å²) in [6.07, 6.45) is -0.464. The summed E-state index contributed by atoms with van der Waals surface area (Å²) in [5.41, 5.74) is 1.31. The molecule has 0 saturated carbocycles. The van der Waals surface area contributed by atoms with E-state index in [9.17, 15) is 18.0 Å². The molecule has 4 rings (SSSR count). The van der Waals surface area contributed by atoms with Gasteiger partial charge in [-0.25, -0.2) is 13.2 Å².